The van der Waals surface area contributed by atoms with Crippen LogP contribution in [0.25, 0.3) is 5.52 Å². The second kappa shape index (κ2) is 6.42. The molecule has 0 saturated carbocycles. The number of hydrogen-bond donors (Lipinski definition) is 0. The Labute approximate surface area is 140 Å². The normalized spacial score (nSPS) is 11.5. The van der Waals surface area contributed by atoms with Gasteiger partial charge in [0.15, 0.2) is 0 Å². The molecule has 3 rings (SSSR count). The van der Waals surface area contributed by atoms with Crippen LogP contribution in [0.5, 0.6) is 5.75 Å². The van der Waals surface area contributed by atoms with Gasteiger partial charge in [0.1, 0.15) is 11.3 Å². The van der Waals surface area contributed by atoms with E-state index in [4.69, 9.17) is 0 Å². The van der Waals surface area contributed by atoms with Crippen LogP contribution in [-0.2, 0) is 6.54 Å². The molecule has 0 fully saturated rings. The van der Waals surface area contributed by atoms with Gasteiger partial charge in [-0.1, -0.05) is 12.1 Å². The number of carbonyl (C=O) groups is 1. The van der Waals surface area contributed by atoms with Crippen molar-refractivity contribution in [3.63, 3.8) is 0 Å². The number of amides is 1. The molecule has 0 aliphatic rings. The van der Waals surface area contributed by atoms with E-state index in [1.165, 1.54) is 40.0 Å². The van der Waals surface area contributed by atoms with Gasteiger partial charge in [-0.3, -0.25) is 4.79 Å². The van der Waals surface area contributed by atoms with Crippen molar-refractivity contribution in [1.29, 1.82) is 0 Å². The van der Waals surface area contributed by atoms with Gasteiger partial charge in [-0.25, -0.2) is 0 Å². The third kappa shape index (κ3) is 3.87. The average molecular weight is 350 g/mol. The zero-order valence-electron chi connectivity index (χ0n) is 13.1. The number of halogens is 3. The van der Waals surface area contributed by atoms with Crippen molar-refractivity contribution in [2.45, 2.75) is 12.9 Å². The summed E-state index contributed by atoms with van der Waals surface area (Å²) < 4.78 is 41.6. The maximum atomic E-state index is 12.6. The van der Waals surface area contributed by atoms with Crippen LogP contribution >= 0.6 is 0 Å². The summed E-state index contributed by atoms with van der Waals surface area (Å²) in [4.78, 5) is 14.0. The highest BCUT2D eigenvalue weighted by Gasteiger charge is 2.31. The topological polar surface area (TPSA) is 59.7 Å². The summed E-state index contributed by atoms with van der Waals surface area (Å²) in [6.45, 7) is 0.225. The molecule has 0 aliphatic heterocycles. The molecule has 0 unspecified atom stereocenters. The quantitative estimate of drug-likeness (QED) is 0.726. The number of benzene rings is 1. The molecule has 0 atom stereocenters. The Hall–Kier alpha value is -3.10. The van der Waals surface area contributed by atoms with Gasteiger partial charge in [0.2, 0.25) is 0 Å². The lowest BCUT2D eigenvalue weighted by Crippen LogP contribution is -2.26. The first kappa shape index (κ1) is 16.7. The van der Waals surface area contributed by atoms with Crippen LogP contribution in [0.1, 0.15) is 15.9 Å². The maximum Gasteiger partial charge on any atom is 0.573 e. The van der Waals surface area contributed by atoms with Gasteiger partial charge in [-0.15, -0.1) is 13.2 Å². The van der Waals surface area contributed by atoms with E-state index in [2.05, 4.69) is 14.9 Å². The molecular formula is C16H13F3N4O2. The highest BCUT2D eigenvalue weighted by molar-refractivity contribution is 6.00. The second-order valence-corrected chi connectivity index (χ2v) is 5.31. The lowest BCUT2D eigenvalue weighted by molar-refractivity contribution is -0.274. The molecule has 0 aliphatic carbocycles. The van der Waals surface area contributed by atoms with Gasteiger partial charge in [-0.2, -0.15) is 14.8 Å². The fraction of sp³-hybridized carbons (Fsp3) is 0.188. The third-order valence-electron chi connectivity index (χ3n) is 3.46. The van der Waals surface area contributed by atoms with Gasteiger partial charge in [0.25, 0.3) is 5.91 Å². The fourth-order valence-corrected chi connectivity index (χ4v) is 2.35. The van der Waals surface area contributed by atoms with Crippen molar-refractivity contribution in [2.24, 2.45) is 0 Å². The first-order valence-electron chi connectivity index (χ1n) is 7.23. The first-order chi connectivity index (χ1) is 11.8. The van der Waals surface area contributed by atoms with Crippen LogP contribution in [0.2, 0.25) is 0 Å². The predicted octanol–water partition coefficient (Wildman–Crippen LogP) is 2.90. The zero-order chi connectivity index (χ0) is 18.0. The third-order valence-corrected chi connectivity index (χ3v) is 3.46. The first-order valence-corrected chi connectivity index (χ1v) is 7.23. The fourth-order valence-electron chi connectivity index (χ4n) is 2.35. The van der Waals surface area contributed by atoms with E-state index in [0.717, 1.165) is 0 Å². The van der Waals surface area contributed by atoms with Gasteiger partial charge < -0.3 is 9.64 Å². The molecule has 0 N–H and O–H groups in total. The lowest BCUT2D eigenvalue weighted by Gasteiger charge is -2.17. The average Bonchev–Trinajstić information content (AvgIpc) is 2.98. The summed E-state index contributed by atoms with van der Waals surface area (Å²) in [5, 5.41) is 8.01. The Bertz CT molecular complexity index is 890. The molecule has 2 heterocycles. The summed E-state index contributed by atoms with van der Waals surface area (Å²) in [5.41, 5.74) is 1.64. The summed E-state index contributed by atoms with van der Waals surface area (Å²) in [5.74, 6) is -0.572. The van der Waals surface area contributed by atoms with E-state index in [-0.39, 0.29) is 18.2 Å². The van der Waals surface area contributed by atoms with Crippen molar-refractivity contribution in [2.75, 3.05) is 7.05 Å². The van der Waals surface area contributed by atoms with E-state index < -0.39 is 6.36 Å². The SMILES string of the molecule is CN(Cc1ccc(OC(F)(F)F)cc1)C(=O)c1cnn2ncccc12. The van der Waals surface area contributed by atoms with E-state index in [9.17, 15) is 18.0 Å². The van der Waals surface area contributed by atoms with Crippen molar-refractivity contribution >= 4 is 11.4 Å². The molecule has 25 heavy (non-hydrogen) atoms. The lowest BCUT2D eigenvalue weighted by atomic mass is 10.2. The maximum absolute atomic E-state index is 12.6. The Balaban J connectivity index is 1.71. The van der Waals surface area contributed by atoms with Gasteiger partial charge >= 0.3 is 6.36 Å². The van der Waals surface area contributed by atoms with Crippen LogP contribution < -0.4 is 4.74 Å². The molecule has 6 nitrogen and oxygen atoms in total. The summed E-state index contributed by atoms with van der Waals surface area (Å²) in [6, 6.07) is 8.79. The number of nitrogens with zero attached hydrogens (tertiary/aromatic N) is 4. The second-order valence-electron chi connectivity index (χ2n) is 5.31. The molecule has 0 radical (unpaired) electrons. The zero-order valence-corrected chi connectivity index (χ0v) is 13.1. The molecule has 1 amide bonds. The molecule has 2 aromatic heterocycles. The van der Waals surface area contributed by atoms with Crippen LogP contribution in [0.4, 0.5) is 13.2 Å². The highest BCUT2D eigenvalue weighted by Crippen LogP contribution is 2.23. The smallest absolute Gasteiger partial charge is 0.406 e. The number of hydrogen-bond acceptors (Lipinski definition) is 4. The number of aromatic nitrogens is 3. The molecule has 3 aromatic rings. The van der Waals surface area contributed by atoms with Crippen molar-refractivity contribution in [3.8, 4) is 5.75 Å². The highest BCUT2D eigenvalue weighted by atomic mass is 19.4. The molecule has 0 bridgehead atoms. The van der Waals surface area contributed by atoms with E-state index >= 15 is 0 Å². The van der Waals surface area contributed by atoms with Crippen LogP contribution in [-0.4, -0.2) is 39.0 Å². The summed E-state index contributed by atoms with van der Waals surface area (Å²) in [6.07, 6.45) is -1.74. The van der Waals surface area contributed by atoms with Gasteiger partial charge in [0, 0.05) is 19.8 Å². The van der Waals surface area contributed by atoms with E-state index in [0.29, 0.717) is 16.6 Å². The predicted molar refractivity (Wildman–Crippen MR) is 81.9 cm³/mol. The number of carbonyl (C=O) groups excluding carboxylic acids is 1. The van der Waals surface area contributed by atoms with Crippen LogP contribution in [0.15, 0.2) is 48.8 Å². The molecule has 9 heteroatoms. The Morgan fingerprint density at radius 2 is 1.92 bits per heavy atom. The van der Waals surface area contributed by atoms with Crippen LogP contribution in [0.3, 0.4) is 0 Å². The van der Waals surface area contributed by atoms with Crippen molar-refractivity contribution in [3.05, 3.63) is 59.9 Å². The summed E-state index contributed by atoms with van der Waals surface area (Å²) in [7, 11) is 1.60. The Kier molecular flexibility index (Phi) is 4.30. The minimum atomic E-state index is -4.73. The molecule has 0 spiro atoms. The van der Waals surface area contributed by atoms with E-state index in [1.807, 2.05) is 0 Å². The van der Waals surface area contributed by atoms with Crippen molar-refractivity contribution in [1.82, 2.24) is 19.7 Å². The molecule has 130 valence electrons. The molecule has 0 saturated heterocycles. The number of fused-ring (bicyclic) bond motifs is 1. The van der Waals surface area contributed by atoms with Crippen LogP contribution in [0, 0.1) is 0 Å². The minimum absolute atomic E-state index is 0.225. The molecular weight excluding hydrogens is 337 g/mol. The Morgan fingerprint density at radius 3 is 2.60 bits per heavy atom. The summed E-state index contributed by atoms with van der Waals surface area (Å²) >= 11 is 0. The standard InChI is InChI=1S/C16H13F3N4O2/c1-22(10-11-4-6-12(7-5-11)25-16(17,18)19)15(24)13-9-21-23-14(13)3-2-8-20-23/h2-9H,10H2,1H3. The number of ether oxygens (including phenoxy) is 1. The number of alkyl halides is 3. The Morgan fingerprint density at radius 1 is 1.20 bits per heavy atom. The number of rotatable bonds is 4. The minimum Gasteiger partial charge on any atom is -0.406 e. The monoisotopic (exact) mass is 350 g/mol. The van der Waals surface area contributed by atoms with E-state index in [1.54, 1.807) is 25.4 Å². The van der Waals surface area contributed by atoms with Crippen molar-refractivity contribution < 1.29 is 22.7 Å². The largest absolute Gasteiger partial charge is 0.573 e. The van der Waals surface area contributed by atoms with Gasteiger partial charge in [-0.05, 0) is 29.8 Å². The van der Waals surface area contributed by atoms with Gasteiger partial charge in [0.05, 0.1) is 11.8 Å². The molecule has 1 aromatic carbocycles.